The number of hydrogen-bond acceptors (Lipinski definition) is 8. The fraction of sp³-hybridized carbons (Fsp3) is 0.571. The maximum atomic E-state index is 13.2. The molecule has 0 atom stereocenters. The van der Waals surface area contributed by atoms with Gasteiger partial charge in [0.2, 0.25) is 11.9 Å². The van der Waals surface area contributed by atoms with Crippen LogP contribution in [0.4, 0.5) is 23.1 Å². The van der Waals surface area contributed by atoms with Gasteiger partial charge in [-0.2, -0.15) is 4.98 Å². The number of aromatic nitrogens is 2. The van der Waals surface area contributed by atoms with Crippen LogP contribution in [0.5, 0.6) is 5.75 Å². The summed E-state index contributed by atoms with van der Waals surface area (Å²) >= 11 is 0. The molecule has 2 aliphatic heterocycles. The van der Waals surface area contributed by atoms with Gasteiger partial charge in [-0.15, -0.1) is 0 Å². The first kappa shape index (κ1) is 26.2. The number of carbonyl (C=O) groups excluding carboxylic acids is 2. The Hall–Kier alpha value is -3.40. The first-order chi connectivity index (χ1) is 18.2. The number of fused-ring (bicyclic) bond motifs is 1. The summed E-state index contributed by atoms with van der Waals surface area (Å²) in [6, 6.07) is 5.90. The highest BCUT2D eigenvalue weighted by atomic mass is 16.5. The standard InChI is InChI=1S/C28H39N7O3/c1-28(2)17-35(20-7-6-8-20)24-22(34(4)26(28)37)16-29-27(32-24)31-21-10-9-18(15-23(21)38-5)25(36)30-19-11-13-33(3)14-12-19/h9-10,15-16,19-20H,6-8,11-14,17H2,1-5H3,(H,30,36)(H,29,31,32). The molecule has 2 fully saturated rings. The number of methoxy groups -OCH3 is 1. The van der Waals surface area contributed by atoms with E-state index >= 15 is 0 Å². The summed E-state index contributed by atoms with van der Waals surface area (Å²) in [7, 11) is 5.48. The second kappa shape index (κ2) is 10.4. The van der Waals surface area contributed by atoms with Crippen molar-refractivity contribution in [2.45, 2.75) is 58.0 Å². The van der Waals surface area contributed by atoms with Crippen LogP contribution in [0.15, 0.2) is 24.4 Å². The molecule has 1 aliphatic carbocycles. The zero-order chi connectivity index (χ0) is 27.0. The van der Waals surface area contributed by atoms with Crippen LogP contribution in [0.1, 0.15) is 56.3 Å². The number of likely N-dealkylation sites (tertiary alicyclic amines) is 1. The monoisotopic (exact) mass is 521 g/mol. The maximum Gasteiger partial charge on any atom is 0.251 e. The SMILES string of the molecule is COc1cc(C(=O)NC2CCN(C)CC2)ccc1Nc1ncc2c(n1)N(C1CCC1)CC(C)(C)C(=O)N2C. The van der Waals surface area contributed by atoms with Gasteiger partial charge in [0.1, 0.15) is 11.4 Å². The molecule has 1 aromatic carbocycles. The molecule has 5 rings (SSSR count). The summed E-state index contributed by atoms with van der Waals surface area (Å²) in [5.74, 6) is 1.67. The second-order valence-electron chi connectivity index (χ2n) is 11.5. The van der Waals surface area contributed by atoms with E-state index in [1.807, 2.05) is 19.9 Å². The molecule has 3 aliphatic rings. The fourth-order valence-corrected chi connectivity index (χ4v) is 5.48. The number of hydrogen-bond donors (Lipinski definition) is 2. The first-order valence-electron chi connectivity index (χ1n) is 13.5. The van der Waals surface area contributed by atoms with Crippen molar-refractivity contribution in [1.82, 2.24) is 20.2 Å². The van der Waals surface area contributed by atoms with Crippen molar-refractivity contribution in [3.05, 3.63) is 30.0 Å². The summed E-state index contributed by atoms with van der Waals surface area (Å²) in [6.45, 7) is 6.56. The van der Waals surface area contributed by atoms with Crippen LogP contribution in [-0.4, -0.2) is 79.6 Å². The molecule has 10 nitrogen and oxygen atoms in total. The number of rotatable bonds is 6. The van der Waals surface area contributed by atoms with E-state index in [4.69, 9.17) is 9.72 Å². The minimum absolute atomic E-state index is 0.0562. The fourth-order valence-electron chi connectivity index (χ4n) is 5.48. The smallest absolute Gasteiger partial charge is 0.251 e. The van der Waals surface area contributed by atoms with Crippen LogP contribution in [0.25, 0.3) is 0 Å². The molecule has 0 spiro atoms. The number of piperidine rings is 1. The maximum absolute atomic E-state index is 13.2. The van der Waals surface area contributed by atoms with Crippen LogP contribution in [-0.2, 0) is 4.79 Å². The molecule has 2 N–H and O–H groups in total. The molecule has 3 heterocycles. The van der Waals surface area contributed by atoms with E-state index in [0.717, 1.165) is 44.6 Å². The highest BCUT2D eigenvalue weighted by molar-refractivity contribution is 6.01. The quantitative estimate of drug-likeness (QED) is 0.596. The Morgan fingerprint density at radius 3 is 2.53 bits per heavy atom. The van der Waals surface area contributed by atoms with Gasteiger partial charge in [0.05, 0.1) is 24.4 Å². The Balaban J connectivity index is 1.38. The number of anilines is 4. The van der Waals surface area contributed by atoms with Crippen LogP contribution >= 0.6 is 0 Å². The molecule has 1 aromatic heterocycles. The van der Waals surface area contributed by atoms with E-state index in [2.05, 4.69) is 32.5 Å². The van der Waals surface area contributed by atoms with Crippen molar-refractivity contribution < 1.29 is 14.3 Å². The average molecular weight is 522 g/mol. The zero-order valence-corrected chi connectivity index (χ0v) is 23.1. The van der Waals surface area contributed by atoms with E-state index in [-0.39, 0.29) is 17.9 Å². The number of amides is 2. The third-order valence-corrected chi connectivity index (χ3v) is 8.11. The highest BCUT2D eigenvalue weighted by Crippen LogP contribution is 2.41. The lowest BCUT2D eigenvalue weighted by Gasteiger charge is -2.40. The molecule has 2 aromatic rings. The van der Waals surface area contributed by atoms with E-state index in [9.17, 15) is 9.59 Å². The number of benzene rings is 1. The molecule has 10 heteroatoms. The Kier molecular flexibility index (Phi) is 7.17. The van der Waals surface area contributed by atoms with Crippen molar-refractivity contribution in [3.63, 3.8) is 0 Å². The van der Waals surface area contributed by atoms with Gasteiger partial charge in [-0.05, 0) is 84.3 Å². The summed E-state index contributed by atoms with van der Waals surface area (Å²) in [5.41, 5.74) is 1.39. The second-order valence-corrected chi connectivity index (χ2v) is 11.5. The third-order valence-electron chi connectivity index (χ3n) is 8.11. The minimum atomic E-state index is -0.536. The van der Waals surface area contributed by atoms with Crippen LogP contribution in [0, 0.1) is 5.41 Å². The van der Waals surface area contributed by atoms with Crippen molar-refractivity contribution in [2.75, 3.05) is 56.0 Å². The number of carbonyl (C=O) groups is 2. The topological polar surface area (TPSA) is 103 Å². The molecule has 1 saturated heterocycles. The van der Waals surface area contributed by atoms with Crippen molar-refractivity contribution in [2.24, 2.45) is 5.41 Å². The average Bonchev–Trinajstić information content (AvgIpc) is 2.93. The Labute approximate surface area is 224 Å². The molecule has 0 unspecified atom stereocenters. The number of ether oxygens (including phenoxy) is 1. The minimum Gasteiger partial charge on any atom is -0.495 e. The Morgan fingerprint density at radius 2 is 1.87 bits per heavy atom. The lowest BCUT2D eigenvalue weighted by atomic mass is 9.87. The van der Waals surface area contributed by atoms with Gasteiger partial charge in [-0.3, -0.25) is 9.59 Å². The van der Waals surface area contributed by atoms with Gasteiger partial charge in [0.25, 0.3) is 5.91 Å². The van der Waals surface area contributed by atoms with E-state index in [1.165, 1.54) is 6.42 Å². The van der Waals surface area contributed by atoms with E-state index in [0.29, 0.717) is 41.2 Å². The van der Waals surface area contributed by atoms with Crippen LogP contribution < -0.4 is 25.2 Å². The van der Waals surface area contributed by atoms with Crippen LogP contribution in [0.3, 0.4) is 0 Å². The van der Waals surface area contributed by atoms with E-state index < -0.39 is 5.41 Å². The molecule has 2 amide bonds. The molecule has 1 saturated carbocycles. The molecule has 38 heavy (non-hydrogen) atoms. The first-order valence-corrected chi connectivity index (χ1v) is 13.5. The Bertz CT molecular complexity index is 1200. The van der Waals surface area contributed by atoms with Gasteiger partial charge in [-0.1, -0.05) is 0 Å². The van der Waals surface area contributed by atoms with Crippen molar-refractivity contribution in [3.8, 4) is 5.75 Å². The summed E-state index contributed by atoms with van der Waals surface area (Å²) in [6.07, 6.45) is 6.98. The van der Waals surface area contributed by atoms with E-state index in [1.54, 1.807) is 37.4 Å². The lowest BCUT2D eigenvalue weighted by molar-refractivity contribution is -0.125. The van der Waals surface area contributed by atoms with Gasteiger partial charge >= 0.3 is 0 Å². The third kappa shape index (κ3) is 5.14. The van der Waals surface area contributed by atoms with Gasteiger partial charge in [0.15, 0.2) is 5.82 Å². The molecule has 0 bridgehead atoms. The van der Waals surface area contributed by atoms with Crippen molar-refractivity contribution >= 4 is 35.0 Å². The predicted molar refractivity (Wildman–Crippen MR) is 148 cm³/mol. The molecule has 0 radical (unpaired) electrons. The normalized spacial score (nSPS) is 20.4. The zero-order valence-electron chi connectivity index (χ0n) is 23.1. The molecular weight excluding hydrogens is 482 g/mol. The summed E-state index contributed by atoms with van der Waals surface area (Å²) in [4.78, 5) is 41.7. The highest BCUT2D eigenvalue weighted by Gasteiger charge is 2.42. The van der Waals surface area contributed by atoms with Crippen LogP contribution in [0.2, 0.25) is 0 Å². The summed E-state index contributed by atoms with van der Waals surface area (Å²) < 4.78 is 5.62. The van der Waals surface area contributed by atoms with Crippen molar-refractivity contribution in [1.29, 1.82) is 0 Å². The number of nitrogens with one attached hydrogen (secondary N) is 2. The lowest BCUT2D eigenvalue weighted by Crippen LogP contribution is -2.48. The number of nitrogens with zero attached hydrogens (tertiary/aromatic N) is 5. The van der Waals surface area contributed by atoms with Gasteiger partial charge < -0.3 is 30.1 Å². The molecule has 204 valence electrons. The largest absolute Gasteiger partial charge is 0.495 e. The summed E-state index contributed by atoms with van der Waals surface area (Å²) in [5, 5.41) is 6.43. The van der Waals surface area contributed by atoms with Gasteiger partial charge in [-0.25, -0.2) is 4.98 Å². The predicted octanol–water partition coefficient (Wildman–Crippen LogP) is 3.41. The Morgan fingerprint density at radius 1 is 1.13 bits per heavy atom. The van der Waals surface area contributed by atoms with Gasteiger partial charge in [0, 0.05) is 31.2 Å². The molecular formula is C28H39N7O3.